The summed E-state index contributed by atoms with van der Waals surface area (Å²) in [5, 5.41) is 1.69. The first-order chi connectivity index (χ1) is 15.1. The molecule has 2 fully saturated rings. The summed E-state index contributed by atoms with van der Waals surface area (Å²) in [6.45, 7) is 8.23. The number of hydrogen-bond donors (Lipinski definition) is 0. The fraction of sp³-hybridized carbons (Fsp3) is 0.435. The van der Waals surface area contributed by atoms with E-state index < -0.39 is 0 Å². The summed E-state index contributed by atoms with van der Waals surface area (Å²) in [6, 6.07) is 12.1. The van der Waals surface area contributed by atoms with E-state index in [1.54, 1.807) is 0 Å². The molecule has 4 heterocycles. The van der Waals surface area contributed by atoms with Gasteiger partial charge in [-0.2, -0.15) is 9.97 Å². The maximum Gasteiger partial charge on any atom is 0.229 e. The molecular weight excluding hydrogens is 412 g/mol. The average Bonchev–Trinajstić information content (AvgIpc) is 2.79. The largest absolute Gasteiger partial charge is 0.377 e. The van der Waals surface area contributed by atoms with Gasteiger partial charge in [0.2, 0.25) is 5.95 Å². The predicted octanol–water partition coefficient (Wildman–Crippen LogP) is 3.32. The number of pyridine rings is 1. The third-order valence-corrected chi connectivity index (χ3v) is 6.35. The second kappa shape index (κ2) is 8.57. The average molecular weight is 439 g/mol. The van der Waals surface area contributed by atoms with E-state index in [0.717, 1.165) is 66.8 Å². The molecule has 2 aliphatic heterocycles. The molecule has 1 atom stereocenters. The van der Waals surface area contributed by atoms with Crippen molar-refractivity contribution in [1.82, 2.24) is 19.9 Å². The van der Waals surface area contributed by atoms with Gasteiger partial charge < -0.3 is 19.4 Å². The molecular formula is C23H27ClN6O. The van der Waals surface area contributed by atoms with Gasteiger partial charge >= 0.3 is 0 Å². The van der Waals surface area contributed by atoms with Gasteiger partial charge in [0.25, 0.3) is 0 Å². The molecule has 2 aliphatic rings. The minimum atomic E-state index is 0.253. The molecule has 0 aliphatic carbocycles. The fourth-order valence-electron chi connectivity index (χ4n) is 4.17. The minimum Gasteiger partial charge on any atom is -0.377 e. The standard InChI is InChI=1S/C23H27ClN6O/c1-16-15-31-14-13-30(16)22-19-7-8-20(17-3-5-18(24)6-4-17)25-21(19)26-23(27-22)29-11-9-28(2)10-12-29/h3-8,16H,9-15H2,1-2H3/t16-/m0/s1. The number of anilines is 2. The van der Waals surface area contributed by atoms with Crippen molar-refractivity contribution in [3.8, 4) is 11.3 Å². The van der Waals surface area contributed by atoms with Crippen LogP contribution in [0.5, 0.6) is 0 Å². The van der Waals surface area contributed by atoms with Gasteiger partial charge in [-0.05, 0) is 38.2 Å². The molecule has 1 aromatic carbocycles. The van der Waals surface area contributed by atoms with Crippen LogP contribution in [0.25, 0.3) is 22.3 Å². The number of likely N-dealkylation sites (N-methyl/N-ethyl adjacent to an activating group) is 1. The van der Waals surface area contributed by atoms with Crippen LogP contribution in [0.15, 0.2) is 36.4 Å². The van der Waals surface area contributed by atoms with Gasteiger partial charge in [0.1, 0.15) is 5.82 Å². The minimum absolute atomic E-state index is 0.253. The molecule has 8 heteroatoms. The number of rotatable bonds is 3. The lowest BCUT2D eigenvalue weighted by molar-refractivity contribution is 0.0987. The van der Waals surface area contributed by atoms with Gasteiger partial charge in [-0.3, -0.25) is 0 Å². The van der Waals surface area contributed by atoms with Gasteiger partial charge in [-0.1, -0.05) is 23.7 Å². The van der Waals surface area contributed by atoms with Gasteiger partial charge in [-0.25, -0.2) is 4.98 Å². The van der Waals surface area contributed by atoms with Gasteiger partial charge in [0.15, 0.2) is 5.65 Å². The zero-order chi connectivity index (χ0) is 21.4. The van der Waals surface area contributed by atoms with E-state index >= 15 is 0 Å². The number of halogens is 1. The Balaban J connectivity index is 1.61. The molecule has 0 radical (unpaired) electrons. The van der Waals surface area contributed by atoms with E-state index in [0.29, 0.717) is 18.2 Å². The monoisotopic (exact) mass is 438 g/mol. The quantitative estimate of drug-likeness (QED) is 0.621. The molecule has 2 saturated heterocycles. The molecule has 162 valence electrons. The van der Waals surface area contributed by atoms with Crippen LogP contribution in [-0.4, -0.2) is 78.9 Å². The zero-order valence-corrected chi connectivity index (χ0v) is 18.7. The van der Waals surface area contributed by atoms with Crippen LogP contribution in [-0.2, 0) is 4.74 Å². The lowest BCUT2D eigenvalue weighted by Gasteiger charge is -2.36. The van der Waals surface area contributed by atoms with Crippen LogP contribution in [0, 0.1) is 0 Å². The number of aromatic nitrogens is 3. The van der Waals surface area contributed by atoms with Gasteiger partial charge in [-0.15, -0.1) is 0 Å². The highest BCUT2D eigenvalue weighted by Crippen LogP contribution is 2.31. The fourth-order valence-corrected chi connectivity index (χ4v) is 4.30. The first kappa shape index (κ1) is 20.4. The van der Waals surface area contributed by atoms with E-state index in [2.05, 4.69) is 34.7 Å². The second-order valence-corrected chi connectivity index (χ2v) is 8.77. The second-order valence-electron chi connectivity index (χ2n) is 8.33. The van der Waals surface area contributed by atoms with Gasteiger partial charge in [0, 0.05) is 43.3 Å². The Morgan fingerprint density at radius 2 is 1.71 bits per heavy atom. The van der Waals surface area contributed by atoms with Crippen LogP contribution in [0.4, 0.5) is 11.8 Å². The molecule has 0 bridgehead atoms. The summed E-state index contributed by atoms with van der Waals surface area (Å²) >= 11 is 6.07. The summed E-state index contributed by atoms with van der Waals surface area (Å²) in [5.74, 6) is 1.71. The molecule has 0 amide bonds. The Hall–Kier alpha value is -2.48. The topological polar surface area (TPSA) is 57.6 Å². The van der Waals surface area contributed by atoms with E-state index in [9.17, 15) is 0 Å². The molecule has 7 nitrogen and oxygen atoms in total. The first-order valence-electron chi connectivity index (χ1n) is 10.8. The predicted molar refractivity (Wildman–Crippen MR) is 125 cm³/mol. The van der Waals surface area contributed by atoms with Crippen molar-refractivity contribution in [2.24, 2.45) is 0 Å². The van der Waals surface area contributed by atoms with Crippen molar-refractivity contribution in [3.05, 3.63) is 41.4 Å². The number of hydrogen-bond acceptors (Lipinski definition) is 7. The molecule has 0 N–H and O–H groups in total. The first-order valence-corrected chi connectivity index (χ1v) is 11.2. The zero-order valence-electron chi connectivity index (χ0n) is 18.0. The Kier molecular flexibility index (Phi) is 5.65. The summed E-state index contributed by atoms with van der Waals surface area (Å²) in [7, 11) is 2.15. The summed E-state index contributed by atoms with van der Waals surface area (Å²) in [4.78, 5) is 21.8. The Labute approximate surface area is 187 Å². The lowest BCUT2D eigenvalue weighted by atomic mass is 10.1. The molecule has 0 unspecified atom stereocenters. The number of morpholine rings is 1. The van der Waals surface area contributed by atoms with E-state index in [1.165, 1.54) is 0 Å². The molecule has 0 saturated carbocycles. The van der Waals surface area contributed by atoms with Crippen LogP contribution in [0.1, 0.15) is 6.92 Å². The Morgan fingerprint density at radius 1 is 0.935 bits per heavy atom. The van der Waals surface area contributed by atoms with E-state index in [-0.39, 0.29) is 6.04 Å². The van der Waals surface area contributed by atoms with Crippen molar-refractivity contribution >= 4 is 34.4 Å². The van der Waals surface area contributed by atoms with Crippen molar-refractivity contribution in [3.63, 3.8) is 0 Å². The number of benzene rings is 1. The highest BCUT2D eigenvalue weighted by Gasteiger charge is 2.26. The number of nitrogens with zero attached hydrogens (tertiary/aromatic N) is 6. The van der Waals surface area contributed by atoms with Crippen molar-refractivity contribution in [2.75, 3.05) is 62.8 Å². The van der Waals surface area contributed by atoms with Crippen LogP contribution in [0.2, 0.25) is 5.02 Å². The third-order valence-electron chi connectivity index (χ3n) is 6.09. The van der Waals surface area contributed by atoms with Crippen molar-refractivity contribution in [2.45, 2.75) is 13.0 Å². The molecule has 2 aromatic heterocycles. The highest BCUT2D eigenvalue weighted by molar-refractivity contribution is 6.30. The summed E-state index contributed by atoms with van der Waals surface area (Å²) in [6.07, 6.45) is 0. The number of piperazine rings is 1. The van der Waals surface area contributed by atoms with Crippen molar-refractivity contribution in [1.29, 1.82) is 0 Å². The lowest BCUT2D eigenvalue weighted by Crippen LogP contribution is -2.46. The smallest absolute Gasteiger partial charge is 0.229 e. The normalized spacial score (nSPS) is 20.4. The summed E-state index contributed by atoms with van der Waals surface area (Å²) in [5.41, 5.74) is 2.63. The number of fused-ring (bicyclic) bond motifs is 1. The van der Waals surface area contributed by atoms with E-state index in [1.807, 2.05) is 30.3 Å². The molecule has 31 heavy (non-hydrogen) atoms. The maximum atomic E-state index is 6.07. The Morgan fingerprint density at radius 3 is 2.45 bits per heavy atom. The highest BCUT2D eigenvalue weighted by atomic mass is 35.5. The van der Waals surface area contributed by atoms with Crippen LogP contribution >= 0.6 is 11.6 Å². The number of ether oxygens (including phenoxy) is 1. The van der Waals surface area contributed by atoms with Crippen molar-refractivity contribution < 1.29 is 4.74 Å². The SMILES string of the molecule is C[C@H]1COCCN1c1nc(N2CCN(C)CC2)nc2nc(-c3ccc(Cl)cc3)ccc12. The maximum absolute atomic E-state index is 6.07. The summed E-state index contributed by atoms with van der Waals surface area (Å²) < 4.78 is 5.66. The van der Waals surface area contributed by atoms with Gasteiger partial charge in [0.05, 0.1) is 30.3 Å². The molecule has 3 aromatic rings. The molecule has 5 rings (SSSR count). The molecule has 0 spiro atoms. The van der Waals surface area contributed by atoms with Crippen LogP contribution < -0.4 is 9.80 Å². The van der Waals surface area contributed by atoms with Crippen LogP contribution in [0.3, 0.4) is 0 Å². The third kappa shape index (κ3) is 4.18. The Bertz CT molecular complexity index is 1070. The van der Waals surface area contributed by atoms with E-state index in [4.69, 9.17) is 31.3 Å².